The molecule has 1 aliphatic rings. The number of nitrogens with one attached hydrogen (secondary N) is 4. The first-order chi connectivity index (χ1) is 25.7. The molecule has 1 saturated heterocycles. The first-order valence-corrected chi connectivity index (χ1v) is 18.5. The van der Waals surface area contributed by atoms with Gasteiger partial charge < -0.3 is 20.5 Å². The number of hydrogen-bond donors (Lipinski definition) is 5. The summed E-state index contributed by atoms with van der Waals surface area (Å²) in [7, 11) is 0. The second kappa shape index (κ2) is 17.5. The molecule has 4 amide bonds. The van der Waals surface area contributed by atoms with Crippen LogP contribution in [-0.4, -0.2) is 81.4 Å². The number of carbonyl (C=O) groups excluding carboxylic acids is 2. The molecule has 1 aliphatic heterocycles. The van der Waals surface area contributed by atoms with Gasteiger partial charge in [0.1, 0.15) is 11.6 Å². The van der Waals surface area contributed by atoms with Crippen LogP contribution in [0.2, 0.25) is 0 Å². The molecule has 0 saturated carbocycles. The lowest BCUT2D eigenvalue weighted by molar-refractivity contribution is 0.0336. The van der Waals surface area contributed by atoms with Gasteiger partial charge in [-0.3, -0.25) is 25.5 Å². The SMILES string of the molecule is CCNC(=O)Nc1nc2cc(-c3ccc(CN4CCOCC4)nc3)c(F)cc2s1.CCNC(=O)Nc1nc2cc(-c3ccc(CO)nc3)c(F)cc2s1. The van der Waals surface area contributed by atoms with Crippen molar-refractivity contribution in [3.63, 3.8) is 0 Å². The number of urea groups is 2. The number of morpholine rings is 1. The van der Waals surface area contributed by atoms with Gasteiger partial charge in [0.2, 0.25) is 0 Å². The number of hydrogen-bond acceptors (Lipinski definition) is 11. The van der Waals surface area contributed by atoms with Crippen molar-refractivity contribution in [1.82, 2.24) is 35.5 Å². The minimum atomic E-state index is -0.394. The highest BCUT2D eigenvalue weighted by Crippen LogP contribution is 2.34. The fourth-order valence-electron chi connectivity index (χ4n) is 5.39. The van der Waals surface area contributed by atoms with Crippen LogP contribution in [0.4, 0.5) is 28.6 Å². The van der Waals surface area contributed by atoms with E-state index in [2.05, 4.69) is 46.1 Å². The molecule has 4 aromatic heterocycles. The van der Waals surface area contributed by atoms with Gasteiger partial charge in [0.05, 0.1) is 51.6 Å². The van der Waals surface area contributed by atoms with Gasteiger partial charge in [-0.25, -0.2) is 28.3 Å². The molecule has 0 unspecified atom stereocenters. The summed E-state index contributed by atoms with van der Waals surface area (Å²) in [6, 6.07) is 12.6. The van der Waals surface area contributed by atoms with E-state index >= 15 is 0 Å². The van der Waals surface area contributed by atoms with E-state index in [4.69, 9.17) is 9.84 Å². The molecule has 6 aromatic rings. The van der Waals surface area contributed by atoms with E-state index < -0.39 is 5.82 Å². The molecule has 5 heterocycles. The summed E-state index contributed by atoms with van der Waals surface area (Å²) in [6.45, 7) is 8.54. The van der Waals surface area contributed by atoms with E-state index in [1.54, 1.807) is 30.5 Å². The quantitative estimate of drug-likeness (QED) is 0.109. The molecule has 0 spiro atoms. The highest BCUT2D eigenvalue weighted by molar-refractivity contribution is 7.22. The lowest BCUT2D eigenvalue weighted by Crippen LogP contribution is -2.35. The molecule has 0 atom stereocenters. The van der Waals surface area contributed by atoms with Gasteiger partial charge in [0.25, 0.3) is 0 Å². The van der Waals surface area contributed by atoms with Crippen molar-refractivity contribution in [1.29, 1.82) is 0 Å². The molecular weight excluding hydrogens is 725 g/mol. The Labute approximate surface area is 311 Å². The van der Waals surface area contributed by atoms with Crippen LogP contribution >= 0.6 is 22.7 Å². The highest BCUT2D eigenvalue weighted by Gasteiger charge is 2.16. The van der Waals surface area contributed by atoms with Gasteiger partial charge in [-0.15, -0.1) is 0 Å². The van der Waals surface area contributed by atoms with Gasteiger partial charge in [-0.2, -0.15) is 0 Å². The summed E-state index contributed by atoms with van der Waals surface area (Å²) in [6.07, 6.45) is 3.20. The molecule has 1 fully saturated rings. The second-order valence-corrected chi connectivity index (χ2v) is 13.8. The molecule has 276 valence electrons. The van der Waals surface area contributed by atoms with Crippen LogP contribution in [0.3, 0.4) is 0 Å². The Morgan fingerprint density at radius 1 is 0.774 bits per heavy atom. The third-order valence-electron chi connectivity index (χ3n) is 7.99. The molecule has 7 rings (SSSR count). The zero-order valence-electron chi connectivity index (χ0n) is 28.9. The van der Waals surface area contributed by atoms with Gasteiger partial charge in [-0.1, -0.05) is 34.8 Å². The number of ether oxygens (including phenoxy) is 1. The Kier molecular flexibility index (Phi) is 12.4. The number of thiazole rings is 2. The van der Waals surface area contributed by atoms with Crippen LogP contribution in [0.5, 0.6) is 0 Å². The largest absolute Gasteiger partial charge is 0.390 e. The third-order valence-corrected chi connectivity index (χ3v) is 9.86. The summed E-state index contributed by atoms with van der Waals surface area (Å²) in [5.41, 5.74) is 4.79. The number of rotatable bonds is 9. The second-order valence-electron chi connectivity index (χ2n) is 11.7. The molecule has 0 bridgehead atoms. The minimum Gasteiger partial charge on any atom is -0.390 e. The normalized spacial score (nSPS) is 13.0. The van der Waals surface area contributed by atoms with Crippen LogP contribution in [0, 0.1) is 11.6 Å². The van der Waals surface area contributed by atoms with Crippen molar-refractivity contribution in [2.75, 3.05) is 50.0 Å². The van der Waals surface area contributed by atoms with E-state index in [9.17, 15) is 18.4 Å². The Morgan fingerprint density at radius 2 is 1.26 bits per heavy atom. The van der Waals surface area contributed by atoms with E-state index in [0.717, 1.165) is 38.5 Å². The van der Waals surface area contributed by atoms with Crippen LogP contribution < -0.4 is 21.3 Å². The Bertz CT molecular complexity index is 2190. The van der Waals surface area contributed by atoms with Crippen molar-refractivity contribution in [3.05, 3.63) is 83.9 Å². The lowest BCUT2D eigenvalue weighted by atomic mass is 10.1. The third kappa shape index (κ3) is 9.62. The summed E-state index contributed by atoms with van der Waals surface area (Å²) in [5, 5.41) is 20.4. The Balaban J connectivity index is 0.000000185. The Hall–Kier alpha value is -5.20. The summed E-state index contributed by atoms with van der Waals surface area (Å²) in [5.74, 6) is -0.734. The number of halogens is 2. The number of carbonyl (C=O) groups is 2. The molecule has 0 radical (unpaired) electrons. The number of pyridine rings is 2. The molecule has 0 aliphatic carbocycles. The van der Waals surface area contributed by atoms with Gasteiger partial charge in [0, 0.05) is 67.4 Å². The van der Waals surface area contributed by atoms with E-state index in [1.807, 2.05) is 26.0 Å². The first kappa shape index (κ1) is 37.6. The average molecular weight is 762 g/mol. The maximum atomic E-state index is 14.7. The number of aromatic nitrogens is 4. The summed E-state index contributed by atoms with van der Waals surface area (Å²) < 4.78 is 35.8. The number of benzene rings is 2. The number of aliphatic hydroxyl groups excluding tert-OH is 1. The monoisotopic (exact) mass is 761 g/mol. The maximum Gasteiger partial charge on any atom is 0.321 e. The van der Waals surface area contributed by atoms with Crippen molar-refractivity contribution in [2.24, 2.45) is 0 Å². The number of aliphatic hydroxyl groups is 1. The van der Waals surface area contributed by atoms with Crippen molar-refractivity contribution >= 4 is 65.4 Å². The van der Waals surface area contributed by atoms with Crippen molar-refractivity contribution in [2.45, 2.75) is 27.0 Å². The number of nitrogens with zero attached hydrogens (tertiary/aromatic N) is 5. The molecule has 53 heavy (non-hydrogen) atoms. The van der Waals surface area contributed by atoms with Crippen LogP contribution in [0.15, 0.2) is 60.9 Å². The van der Waals surface area contributed by atoms with E-state index in [0.29, 0.717) is 71.7 Å². The minimum absolute atomic E-state index is 0.164. The first-order valence-electron chi connectivity index (χ1n) is 16.8. The van der Waals surface area contributed by atoms with Gasteiger partial charge >= 0.3 is 12.1 Å². The summed E-state index contributed by atoms with van der Waals surface area (Å²) in [4.78, 5) is 42.8. The van der Waals surface area contributed by atoms with Crippen LogP contribution in [0.25, 0.3) is 42.7 Å². The summed E-state index contributed by atoms with van der Waals surface area (Å²) >= 11 is 2.44. The standard InChI is InChI=1S/C20H22FN5O2S.C16H15FN4O2S/c1-2-22-19(27)25-20-24-17-9-15(16(21)10-18(17)29-20)13-3-4-14(23-11-13)12-26-5-7-28-8-6-26;1-2-18-15(23)21-16-20-13-5-11(12(17)6-14(13)24-16)9-3-4-10(8-22)19-7-9/h3-4,9-11H,2,5-8,12H2,1H3,(H2,22,24,25,27);3-7,22H,2,8H2,1H3,(H2,18,20,21,23). The zero-order chi connectivity index (χ0) is 37.3. The number of amides is 4. The van der Waals surface area contributed by atoms with Crippen LogP contribution in [0.1, 0.15) is 25.2 Å². The van der Waals surface area contributed by atoms with Gasteiger partial charge in [-0.05, 0) is 50.2 Å². The van der Waals surface area contributed by atoms with Crippen molar-refractivity contribution in [3.8, 4) is 22.3 Å². The maximum absolute atomic E-state index is 14.7. The molecular formula is C36H37F2N9O4S2. The van der Waals surface area contributed by atoms with E-state index in [1.165, 1.54) is 41.0 Å². The zero-order valence-corrected chi connectivity index (χ0v) is 30.5. The van der Waals surface area contributed by atoms with Crippen molar-refractivity contribution < 1.29 is 28.2 Å². The highest BCUT2D eigenvalue weighted by atomic mass is 32.1. The fraction of sp³-hybridized carbons (Fsp3) is 0.278. The number of fused-ring (bicyclic) bond motifs is 2. The predicted octanol–water partition coefficient (Wildman–Crippen LogP) is 6.60. The van der Waals surface area contributed by atoms with Crippen LogP contribution in [-0.2, 0) is 17.9 Å². The smallest absolute Gasteiger partial charge is 0.321 e. The number of anilines is 2. The fourth-order valence-corrected chi connectivity index (χ4v) is 7.13. The predicted molar refractivity (Wildman–Crippen MR) is 203 cm³/mol. The molecule has 13 nitrogen and oxygen atoms in total. The molecule has 5 N–H and O–H groups in total. The Morgan fingerprint density at radius 3 is 1.70 bits per heavy atom. The molecule has 17 heteroatoms. The average Bonchev–Trinajstić information content (AvgIpc) is 3.73. The lowest BCUT2D eigenvalue weighted by Gasteiger charge is -2.26. The molecule has 2 aromatic carbocycles. The van der Waals surface area contributed by atoms with E-state index in [-0.39, 0.29) is 24.5 Å². The topological polar surface area (TPSA) is 167 Å². The van der Waals surface area contributed by atoms with Gasteiger partial charge in [0.15, 0.2) is 10.3 Å².